The number of hydrogen-bond acceptors (Lipinski definition) is 3. The molecule has 1 aromatic carbocycles. The minimum absolute atomic E-state index is 0.122. The maximum Gasteiger partial charge on any atom is 0.490 e. The number of aliphatic carboxylic acids is 1. The van der Waals surface area contributed by atoms with Gasteiger partial charge in [-0.2, -0.15) is 13.2 Å². The van der Waals surface area contributed by atoms with Gasteiger partial charge in [0.1, 0.15) is 6.17 Å². The van der Waals surface area contributed by atoms with Crippen molar-refractivity contribution >= 4 is 23.5 Å². The summed E-state index contributed by atoms with van der Waals surface area (Å²) in [5.41, 5.74) is 6.97. The van der Waals surface area contributed by atoms with Crippen molar-refractivity contribution in [1.82, 2.24) is 4.90 Å². The van der Waals surface area contributed by atoms with Crippen LogP contribution in [0.15, 0.2) is 24.3 Å². The van der Waals surface area contributed by atoms with E-state index in [1.807, 2.05) is 19.1 Å². The lowest BCUT2D eigenvalue weighted by Crippen LogP contribution is -2.45. The van der Waals surface area contributed by atoms with Crippen molar-refractivity contribution in [1.29, 1.82) is 0 Å². The topological polar surface area (TPSA) is 83.6 Å². The van der Waals surface area contributed by atoms with Gasteiger partial charge < -0.3 is 15.7 Å². The summed E-state index contributed by atoms with van der Waals surface area (Å²) in [5.74, 6) is -3.06. The number of halogens is 5. The van der Waals surface area contributed by atoms with Crippen molar-refractivity contribution in [3.63, 3.8) is 0 Å². The Morgan fingerprint density at radius 3 is 2.19 bits per heavy atom. The van der Waals surface area contributed by atoms with Crippen LogP contribution in [0.3, 0.4) is 0 Å². The minimum atomic E-state index is -5.08. The number of carbonyl (C=O) groups excluding carboxylic acids is 1. The van der Waals surface area contributed by atoms with Crippen molar-refractivity contribution < 1.29 is 32.3 Å². The van der Waals surface area contributed by atoms with E-state index in [1.54, 1.807) is 12.1 Å². The van der Waals surface area contributed by atoms with E-state index >= 15 is 0 Å². The fourth-order valence-electron chi connectivity index (χ4n) is 2.32. The second kappa shape index (κ2) is 9.18. The molecule has 1 heterocycles. The molecule has 1 aromatic rings. The maximum absolute atomic E-state index is 13.1. The molecule has 0 aliphatic carbocycles. The highest BCUT2D eigenvalue weighted by Crippen LogP contribution is 2.23. The molecule has 1 amide bonds. The first-order valence-corrected chi connectivity index (χ1v) is 8.05. The molecule has 3 atom stereocenters. The molecule has 146 valence electrons. The van der Waals surface area contributed by atoms with Crippen LogP contribution in [0, 0.1) is 0 Å². The monoisotopic (exact) mass is 398 g/mol. The lowest BCUT2D eigenvalue weighted by molar-refractivity contribution is -0.192. The Morgan fingerprint density at radius 2 is 1.81 bits per heavy atom. The Kier molecular flexibility index (Phi) is 7.83. The van der Waals surface area contributed by atoms with E-state index in [0.29, 0.717) is 18.0 Å². The first-order valence-electron chi connectivity index (χ1n) is 7.67. The number of hydrogen-bond donors (Lipinski definition) is 2. The van der Waals surface area contributed by atoms with Crippen molar-refractivity contribution in [3.05, 3.63) is 34.9 Å². The number of nitrogens with zero attached hydrogens (tertiary/aromatic N) is 1. The first kappa shape index (κ1) is 22.2. The Balaban J connectivity index is 0.000000412. The van der Waals surface area contributed by atoms with Crippen LogP contribution in [0.4, 0.5) is 17.6 Å². The molecule has 1 aliphatic rings. The summed E-state index contributed by atoms with van der Waals surface area (Å²) in [5, 5.41) is 7.77. The lowest BCUT2D eigenvalue weighted by atomic mass is 9.93. The minimum Gasteiger partial charge on any atom is -0.475 e. The van der Waals surface area contributed by atoms with Crippen molar-refractivity contribution in [2.24, 2.45) is 5.73 Å². The average Bonchev–Trinajstić information content (AvgIpc) is 2.99. The quantitative estimate of drug-likeness (QED) is 0.767. The van der Waals surface area contributed by atoms with Gasteiger partial charge in [-0.3, -0.25) is 4.79 Å². The third-order valence-corrected chi connectivity index (χ3v) is 4.16. The van der Waals surface area contributed by atoms with Gasteiger partial charge in [0.25, 0.3) is 0 Å². The van der Waals surface area contributed by atoms with E-state index in [9.17, 15) is 22.4 Å². The lowest BCUT2D eigenvalue weighted by Gasteiger charge is -2.25. The van der Waals surface area contributed by atoms with Crippen LogP contribution in [0.1, 0.15) is 24.8 Å². The molecule has 10 heteroatoms. The van der Waals surface area contributed by atoms with Gasteiger partial charge in [-0.15, -0.1) is 0 Å². The molecule has 1 fully saturated rings. The number of alkyl halides is 4. The van der Waals surface area contributed by atoms with Crippen LogP contribution in [-0.4, -0.2) is 53.4 Å². The summed E-state index contributed by atoms with van der Waals surface area (Å²) < 4.78 is 44.9. The number of nitrogens with two attached hydrogens (primary N) is 1. The summed E-state index contributed by atoms with van der Waals surface area (Å²) in [6.45, 7) is 2.52. The van der Waals surface area contributed by atoms with Gasteiger partial charge in [0.2, 0.25) is 5.91 Å². The molecule has 26 heavy (non-hydrogen) atoms. The number of benzene rings is 1. The summed E-state index contributed by atoms with van der Waals surface area (Å²) in [6.07, 6.45) is -5.59. The van der Waals surface area contributed by atoms with Crippen LogP contribution in [0.25, 0.3) is 0 Å². The Hall–Kier alpha value is -1.87. The van der Waals surface area contributed by atoms with Crippen LogP contribution in [0.2, 0.25) is 5.02 Å². The smallest absolute Gasteiger partial charge is 0.475 e. The van der Waals surface area contributed by atoms with E-state index in [1.165, 1.54) is 4.90 Å². The predicted molar refractivity (Wildman–Crippen MR) is 87.6 cm³/mol. The molecule has 0 saturated carbocycles. The summed E-state index contributed by atoms with van der Waals surface area (Å²) in [4.78, 5) is 22.6. The zero-order valence-electron chi connectivity index (χ0n) is 13.8. The van der Waals surface area contributed by atoms with Crippen molar-refractivity contribution in [2.45, 2.75) is 37.7 Å². The molecule has 0 spiro atoms. The fourth-order valence-corrected chi connectivity index (χ4v) is 2.44. The molecule has 1 saturated heterocycles. The second-order valence-corrected chi connectivity index (χ2v) is 6.28. The van der Waals surface area contributed by atoms with Crippen molar-refractivity contribution in [3.8, 4) is 0 Å². The van der Waals surface area contributed by atoms with Crippen LogP contribution < -0.4 is 5.73 Å². The highest BCUT2D eigenvalue weighted by molar-refractivity contribution is 6.30. The number of amides is 1. The normalized spacial score (nSPS) is 19.3. The van der Waals surface area contributed by atoms with Gasteiger partial charge in [0, 0.05) is 17.5 Å². The SMILES string of the molecule is C[C@@H](c1ccc(Cl)cc1)[C@H](N)C(=O)N1CC[C@H](F)C1.O=C(O)C(F)(F)F. The summed E-state index contributed by atoms with van der Waals surface area (Å²) in [7, 11) is 0. The standard InChI is InChI=1S/C14H18ClFN2O.C2HF3O2/c1-9(10-2-4-11(15)5-3-10)13(17)14(19)18-7-6-12(16)8-18;3-2(4,5)1(6)7/h2-5,9,12-13H,6-8,17H2,1H3;(H,6,7)/t9-,12-,13-;/m0./s1. The fraction of sp³-hybridized carbons (Fsp3) is 0.500. The van der Waals surface area contributed by atoms with E-state index in [-0.39, 0.29) is 18.4 Å². The van der Waals surface area contributed by atoms with Crippen molar-refractivity contribution in [2.75, 3.05) is 13.1 Å². The predicted octanol–water partition coefficient (Wildman–Crippen LogP) is 2.97. The number of carboxylic acids is 1. The maximum atomic E-state index is 13.1. The molecule has 0 aromatic heterocycles. The highest BCUT2D eigenvalue weighted by atomic mass is 35.5. The third-order valence-electron chi connectivity index (χ3n) is 3.90. The van der Waals surface area contributed by atoms with Crippen LogP contribution in [0.5, 0.6) is 0 Å². The average molecular weight is 399 g/mol. The highest BCUT2D eigenvalue weighted by Gasteiger charge is 2.38. The Bertz CT molecular complexity index is 625. The van der Waals surface area contributed by atoms with E-state index in [0.717, 1.165) is 5.56 Å². The van der Waals surface area contributed by atoms with Gasteiger partial charge >= 0.3 is 12.1 Å². The molecule has 0 bridgehead atoms. The van der Waals surface area contributed by atoms with E-state index in [4.69, 9.17) is 27.2 Å². The Labute approximate surface area is 152 Å². The Morgan fingerprint density at radius 1 is 1.31 bits per heavy atom. The number of likely N-dealkylation sites (tertiary alicyclic amines) is 1. The van der Waals surface area contributed by atoms with Crippen LogP contribution >= 0.6 is 11.6 Å². The summed E-state index contributed by atoms with van der Waals surface area (Å²) >= 11 is 5.83. The molecule has 3 N–H and O–H groups in total. The molecule has 1 aliphatic heterocycles. The molecule has 0 radical (unpaired) electrons. The van der Waals surface area contributed by atoms with Crippen LogP contribution in [-0.2, 0) is 9.59 Å². The molecular formula is C16H19ClF4N2O3. The zero-order chi connectivity index (χ0) is 20.1. The van der Waals surface area contributed by atoms with Gasteiger partial charge in [-0.25, -0.2) is 9.18 Å². The molecule has 5 nitrogen and oxygen atoms in total. The van der Waals surface area contributed by atoms with Gasteiger partial charge in [-0.1, -0.05) is 30.7 Å². The largest absolute Gasteiger partial charge is 0.490 e. The molecular weight excluding hydrogens is 380 g/mol. The van der Waals surface area contributed by atoms with Gasteiger partial charge in [0.05, 0.1) is 12.6 Å². The van der Waals surface area contributed by atoms with Gasteiger partial charge in [0.15, 0.2) is 0 Å². The molecule has 0 unspecified atom stereocenters. The summed E-state index contributed by atoms with van der Waals surface area (Å²) in [6, 6.07) is 6.63. The number of rotatable bonds is 3. The third kappa shape index (κ3) is 6.45. The number of carboxylic acid groups (broad SMARTS) is 1. The number of carbonyl (C=O) groups is 2. The zero-order valence-corrected chi connectivity index (χ0v) is 14.6. The van der Waals surface area contributed by atoms with E-state index < -0.39 is 24.4 Å². The first-order chi connectivity index (χ1) is 11.9. The second-order valence-electron chi connectivity index (χ2n) is 5.84. The van der Waals surface area contributed by atoms with E-state index in [2.05, 4.69) is 0 Å². The molecule has 2 rings (SSSR count). The van der Waals surface area contributed by atoms with Gasteiger partial charge in [-0.05, 0) is 24.1 Å².